The van der Waals surface area contributed by atoms with Gasteiger partial charge >= 0.3 is 0 Å². The number of nitrogens with zero attached hydrogens (tertiary/aromatic N) is 2. The van der Waals surface area contributed by atoms with Crippen molar-refractivity contribution in [3.8, 4) is 50.2 Å². The molecule has 0 bridgehead atoms. The van der Waals surface area contributed by atoms with Gasteiger partial charge in [0.2, 0.25) is 0 Å². The van der Waals surface area contributed by atoms with E-state index < -0.39 is 0 Å². The monoisotopic (exact) mass is 840 g/mol. The molecule has 0 N–H and O–H groups in total. The van der Waals surface area contributed by atoms with Gasteiger partial charge in [0.05, 0.1) is 22.1 Å². The molecular formula is C64H44N2. The number of anilines is 3. The SMILES string of the molecule is CC1(C)c2ccccc2-c2cccc(N(c3ccc(-c4ccc5c(c4)-c4ccccc4C54c5ccccc5-c5ccccc54)cc3)c3ccc4c(c3)c3ccccc3n4-c3ccccc3)c21. The van der Waals surface area contributed by atoms with Gasteiger partial charge in [-0.15, -0.1) is 0 Å². The van der Waals surface area contributed by atoms with Crippen LogP contribution in [0.3, 0.4) is 0 Å². The minimum absolute atomic E-state index is 0.202. The smallest absolute Gasteiger partial charge is 0.0725 e. The van der Waals surface area contributed by atoms with E-state index >= 15 is 0 Å². The first-order valence-corrected chi connectivity index (χ1v) is 23.2. The number of para-hydroxylation sites is 2. The lowest BCUT2D eigenvalue weighted by Gasteiger charge is -2.32. The number of rotatable bonds is 5. The maximum Gasteiger partial charge on any atom is 0.0725 e. The topological polar surface area (TPSA) is 8.17 Å². The Kier molecular flexibility index (Phi) is 7.70. The highest BCUT2D eigenvalue weighted by atomic mass is 15.1. The Hall–Kier alpha value is -8.20. The fraction of sp³-hybridized carbons (Fsp3) is 0.0625. The second-order valence-electron chi connectivity index (χ2n) is 18.8. The van der Waals surface area contributed by atoms with Crippen LogP contribution >= 0.6 is 0 Å². The Balaban J connectivity index is 0.938. The standard InChI is InChI=1S/C64H44N2/c1-63(2)54-25-11-6-21-48(54)51-24-16-30-61(62(51)63)65(45-36-38-60-53(40-45)50-23-10-15-29-59(50)66(60)43-17-4-3-5-18-43)44-34-31-41(32-35-44)42-33-37-58-52(39-42)49-22-9-14-28-57(49)64(58)55-26-12-7-19-46(55)47-20-8-13-27-56(47)64/h3-40H,1-2H3. The van der Waals surface area contributed by atoms with E-state index in [2.05, 4.69) is 254 Å². The molecule has 0 unspecified atom stereocenters. The van der Waals surface area contributed by atoms with E-state index in [4.69, 9.17) is 0 Å². The zero-order valence-electron chi connectivity index (χ0n) is 36.8. The van der Waals surface area contributed by atoms with Gasteiger partial charge in [-0.2, -0.15) is 0 Å². The molecule has 0 fully saturated rings. The van der Waals surface area contributed by atoms with E-state index in [1.54, 1.807) is 0 Å². The van der Waals surface area contributed by atoms with Crippen molar-refractivity contribution in [2.45, 2.75) is 24.7 Å². The summed E-state index contributed by atoms with van der Waals surface area (Å²) in [4.78, 5) is 2.50. The normalized spacial score (nSPS) is 14.2. The predicted molar refractivity (Wildman–Crippen MR) is 275 cm³/mol. The van der Waals surface area contributed by atoms with Crippen LogP contribution in [0.1, 0.15) is 47.2 Å². The Bertz CT molecular complexity index is 3750. The highest BCUT2D eigenvalue weighted by Gasteiger charge is 2.51. The average molecular weight is 841 g/mol. The molecule has 310 valence electrons. The molecule has 0 atom stereocenters. The molecule has 1 spiro atoms. The summed E-state index contributed by atoms with van der Waals surface area (Å²) in [5.74, 6) is 0. The molecule has 2 heteroatoms. The molecule has 3 aliphatic rings. The van der Waals surface area contributed by atoms with Crippen molar-refractivity contribution < 1.29 is 0 Å². The molecule has 14 rings (SSSR count). The molecular weight excluding hydrogens is 797 g/mol. The molecule has 11 aromatic rings. The van der Waals surface area contributed by atoms with Crippen LogP contribution in [0.4, 0.5) is 17.1 Å². The van der Waals surface area contributed by atoms with Gasteiger partial charge in [0, 0.05) is 33.2 Å². The van der Waals surface area contributed by atoms with Gasteiger partial charge in [0.1, 0.15) is 0 Å². The summed E-state index contributed by atoms with van der Waals surface area (Å²) < 4.78 is 2.40. The van der Waals surface area contributed by atoms with Crippen molar-refractivity contribution in [1.29, 1.82) is 0 Å². The quantitative estimate of drug-likeness (QED) is 0.168. The van der Waals surface area contributed by atoms with Crippen molar-refractivity contribution in [2.75, 3.05) is 4.90 Å². The summed E-state index contributed by atoms with van der Waals surface area (Å²) in [5.41, 5.74) is 25.0. The third-order valence-electron chi connectivity index (χ3n) is 15.2. The lowest BCUT2D eigenvalue weighted by Crippen LogP contribution is -2.25. The Morgan fingerprint density at radius 3 is 1.56 bits per heavy atom. The number of fused-ring (bicyclic) bond motifs is 16. The molecule has 0 radical (unpaired) electrons. The van der Waals surface area contributed by atoms with Gasteiger partial charge in [-0.1, -0.05) is 184 Å². The van der Waals surface area contributed by atoms with E-state index in [1.807, 2.05) is 0 Å². The van der Waals surface area contributed by atoms with Gasteiger partial charge in [-0.05, 0) is 139 Å². The van der Waals surface area contributed by atoms with E-state index in [9.17, 15) is 0 Å². The molecule has 0 saturated carbocycles. The Labute approximate surface area is 385 Å². The second-order valence-corrected chi connectivity index (χ2v) is 18.8. The van der Waals surface area contributed by atoms with Crippen molar-refractivity contribution in [1.82, 2.24) is 4.57 Å². The summed E-state index contributed by atoms with van der Waals surface area (Å²) in [7, 11) is 0. The zero-order valence-corrected chi connectivity index (χ0v) is 36.8. The van der Waals surface area contributed by atoms with Crippen molar-refractivity contribution in [3.63, 3.8) is 0 Å². The molecule has 3 aliphatic carbocycles. The largest absolute Gasteiger partial charge is 0.310 e. The fourth-order valence-corrected chi connectivity index (χ4v) is 12.5. The van der Waals surface area contributed by atoms with Gasteiger partial charge < -0.3 is 9.47 Å². The van der Waals surface area contributed by atoms with Crippen LogP contribution in [0, 0.1) is 0 Å². The second kappa shape index (κ2) is 13.7. The molecule has 2 nitrogen and oxygen atoms in total. The van der Waals surface area contributed by atoms with Crippen LogP contribution in [0.15, 0.2) is 231 Å². The average Bonchev–Trinajstić information content (AvgIpc) is 4.05. The molecule has 1 aromatic heterocycles. The van der Waals surface area contributed by atoms with Gasteiger partial charge in [0.25, 0.3) is 0 Å². The lowest BCUT2D eigenvalue weighted by molar-refractivity contribution is 0.661. The Morgan fingerprint density at radius 1 is 0.348 bits per heavy atom. The number of benzene rings is 10. The van der Waals surface area contributed by atoms with Crippen LogP contribution in [0.25, 0.3) is 72.0 Å². The molecule has 1 heterocycles. The van der Waals surface area contributed by atoms with Crippen LogP contribution in [-0.2, 0) is 10.8 Å². The van der Waals surface area contributed by atoms with Crippen LogP contribution in [0.2, 0.25) is 0 Å². The summed E-state index contributed by atoms with van der Waals surface area (Å²) in [6, 6.07) is 86.1. The first kappa shape index (κ1) is 37.2. The zero-order chi connectivity index (χ0) is 43.7. The van der Waals surface area contributed by atoms with Gasteiger partial charge in [0.15, 0.2) is 0 Å². The summed E-state index contributed by atoms with van der Waals surface area (Å²) in [5, 5.41) is 2.47. The highest BCUT2D eigenvalue weighted by molar-refractivity contribution is 6.11. The van der Waals surface area contributed by atoms with Crippen LogP contribution in [0.5, 0.6) is 0 Å². The first-order valence-electron chi connectivity index (χ1n) is 23.2. The van der Waals surface area contributed by atoms with Crippen LogP contribution < -0.4 is 4.90 Å². The predicted octanol–water partition coefficient (Wildman–Crippen LogP) is 16.6. The maximum absolute atomic E-state index is 2.50. The van der Waals surface area contributed by atoms with Gasteiger partial charge in [-0.3, -0.25) is 0 Å². The van der Waals surface area contributed by atoms with Crippen LogP contribution in [-0.4, -0.2) is 4.57 Å². The fourth-order valence-electron chi connectivity index (χ4n) is 12.5. The van der Waals surface area contributed by atoms with E-state index in [-0.39, 0.29) is 10.8 Å². The number of hydrogen-bond donors (Lipinski definition) is 0. The lowest BCUT2D eigenvalue weighted by atomic mass is 9.70. The third kappa shape index (κ3) is 4.91. The van der Waals surface area contributed by atoms with Crippen molar-refractivity contribution in [3.05, 3.63) is 264 Å². The molecule has 0 amide bonds. The summed E-state index contributed by atoms with van der Waals surface area (Å²) >= 11 is 0. The number of hydrogen-bond acceptors (Lipinski definition) is 1. The number of aromatic nitrogens is 1. The minimum atomic E-state index is -0.347. The highest BCUT2D eigenvalue weighted by Crippen LogP contribution is 2.63. The van der Waals surface area contributed by atoms with Crippen molar-refractivity contribution in [2.24, 2.45) is 0 Å². The van der Waals surface area contributed by atoms with E-state index in [0.717, 1.165) is 17.1 Å². The minimum Gasteiger partial charge on any atom is -0.310 e. The molecule has 0 saturated heterocycles. The molecule has 66 heavy (non-hydrogen) atoms. The van der Waals surface area contributed by atoms with Crippen molar-refractivity contribution >= 4 is 38.9 Å². The molecule has 0 aliphatic heterocycles. The third-order valence-corrected chi connectivity index (χ3v) is 15.2. The van der Waals surface area contributed by atoms with E-state index in [0.29, 0.717) is 0 Å². The van der Waals surface area contributed by atoms with E-state index in [1.165, 1.54) is 105 Å². The molecule has 10 aromatic carbocycles. The summed E-state index contributed by atoms with van der Waals surface area (Å²) in [6.07, 6.45) is 0. The maximum atomic E-state index is 2.50. The Morgan fingerprint density at radius 2 is 0.864 bits per heavy atom. The van der Waals surface area contributed by atoms with Gasteiger partial charge in [-0.25, -0.2) is 0 Å². The first-order chi connectivity index (χ1) is 32.5. The summed E-state index contributed by atoms with van der Waals surface area (Å²) in [6.45, 7) is 4.77.